The van der Waals surface area contributed by atoms with E-state index < -0.39 is 6.10 Å². The minimum absolute atomic E-state index is 0.0645. The van der Waals surface area contributed by atoms with Gasteiger partial charge in [-0.2, -0.15) is 0 Å². The number of hydrogen-bond donors (Lipinski definition) is 2. The van der Waals surface area contributed by atoms with Gasteiger partial charge >= 0.3 is 0 Å². The maximum absolute atomic E-state index is 11.9. The lowest BCUT2D eigenvalue weighted by atomic mass is 10.1. The number of ether oxygens (including phenoxy) is 1. The molecule has 0 heterocycles. The van der Waals surface area contributed by atoms with E-state index in [2.05, 4.69) is 24.5 Å². The molecular formula is C16H26N2O2. The number of hydrogen-bond acceptors (Lipinski definition) is 3. The summed E-state index contributed by atoms with van der Waals surface area (Å²) in [6, 6.07) is 7.99. The summed E-state index contributed by atoms with van der Waals surface area (Å²) in [5.41, 5.74) is 1.06. The van der Waals surface area contributed by atoms with Crippen molar-refractivity contribution in [1.29, 1.82) is 0 Å². The predicted octanol–water partition coefficient (Wildman–Crippen LogP) is 2.65. The van der Waals surface area contributed by atoms with Gasteiger partial charge in [0.2, 0.25) is 0 Å². The molecule has 112 valence electrons. The zero-order valence-electron chi connectivity index (χ0n) is 12.9. The summed E-state index contributed by atoms with van der Waals surface area (Å²) in [4.78, 5) is 11.9. The van der Waals surface area contributed by atoms with E-state index in [0.29, 0.717) is 6.54 Å². The summed E-state index contributed by atoms with van der Waals surface area (Å²) in [5, 5.41) is 6.07. The third-order valence-corrected chi connectivity index (χ3v) is 3.32. The fraction of sp³-hybridized carbons (Fsp3) is 0.562. The highest BCUT2D eigenvalue weighted by atomic mass is 16.5. The molecule has 0 saturated carbocycles. The van der Waals surface area contributed by atoms with Crippen LogP contribution < -0.4 is 15.4 Å². The Kier molecular flexibility index (Phi) is 7.09. The lowest BCUT2D eigenvalue weighted by molar-refractivity contribution is -0.127. The number of nitrogens with one attached hydrogen (secondary N) is 2. The Morgan fingerprint density at radius 1 is 1.30 bits per heavy atom. The molecule has 0 spiro atoms. The zero-order valence-corrected chi connectivity index (χ0v) is 12.9. The molecule has 0 fully saturated rings. The van der Waals surface area contributed by atoms with Crippen LogP contribution in [0.15, 0.2) is 24.3 Å². The molecule has 2 N–H and O–H groups in total. The van der Waals surface area contributed by atoms with E-state index >= 15 is 0 Å². The Labute approximate surface area is 121 Å². The largest absolute Gasteiger partial charge is 0.481 e. The molecule has 2 atom stereocenters. The second kappa shape index (κ2) is 8.59. The van der Waals surface area contributed by atoms with E-state index in [1.165, 1.54) is 0 Å². The van der Waals surface area contributed by atoms with Crippen molar-refractivity contribution in [3.05, 3.63) is 29.8 Å². The Morgan fingerprint density at radius 3 is 2.65 bits per heavy atom. The molecular weight excluding hydrogens is 252 g/mol. The van der Waals surface area contributed by atoms with E-state index in [-0.39, 0.29) is 11.9 Å². The molecule has 1 amide bonds. The monoisotopic (exact) mass is 278 g/mol. The molecule has 0 aliphatic rings. The minimum atomic E-state index is -0.489. The lowest BCUT2D eigenvalue weighted by Crippen LogP contribution is -2.37. The summed E-state index contributed by atoms with van der Waals surface area (Å²) in [7, 11) is 1.91. The average molecular weight is 278 g/mol. The van der Waals surface area contributed by atoms with Gasteiger partial charge < -0.3 is 15.4 Å². The summed E-state index contributed by atoms with van der Waals surface area (Å²) in [6.07, 6.45) is 1.57. The molecule has 0 aromatic heterocycles. The van der Waals surface area contributed by atoms with Crippen LogP contribution in [-0.4, -0.2) is 25.6 Å². The van der Waals surface area contributed by atoms with Gasteiger partial charge in [-0.05, 0) is 33.4 Å². The van der Waals surface area contributed by atoms with Crippen molar-refractivity contribution in [3.63, 3.8) is 0 Å². The maximum Gasteiger partial charge on any atom is 0.260 e. The van der Waals surface area contributed by atoms with E-state index in [1.54, 1.807) is 6.92 Å². The molecule has 1 aromatic carbocycles. The summed E-state index contributed by atoms with van der Waals surface area (Å²) in [5.74, 6) is 0.692. The second-order valence-corrected chi connectivity index (χ2v) is 4.95. The maximum atomic E-state index is 11.9. The molecule has 0 aliphatic carbocycles. The SMILES string of the molecule is CCCCNC(=O)C(C)Oc1ccccc1C(C)NC. The fourth-order valence-electron chi connectivity index (χ4n) is 1.88. The van der Waals surface area contributed by atoms with Crippen LogP contribution in [0.4, 0.5) is 0 Å². The number of rotatable bonds is 8. The van der Waals surface area contributed by atoms with Crippen LogP contribution in [0.1, 0.15) is 45.2 Å². The summed E-state index contributed by atoms with van der Waals surface area (Å²) < 4.78 is 5.81. The summed E-state index contributed by atoms with van der Waals surface area (Å²) in [6.45, 7) is 6.65. The second-order valence-electron chi connectivity index (χ2n) is 4.95. The van der Waals surface area contributed by atoms with E-state index in [1.807, 2.05) is 31.3 Å². The number of para-hydroxylation sites is 1. The first-order valence-corrected chi connectivity index (χ1v) is 7.30. The van der Waals surface area contributed by atoms with Crippen LogP contribution in [0.2, 0.25) is 0 Å². The normalized spacial score (nSPS) is 13.6. The number of carbonyl (C=O) groups is 1. The quantitative estimate of drug-likeness (QED) is 0.719. The van der Waals surface area contributed by atoms with Crippen molar-refractivity contribution in [2.45, 2.75) is 45.8 Å². The van der Waals surface area contributed by atoms with Gasteiger partial charge in [-0.15, -0.1) is 0 Å². The predicted molar refractivity (Wildman–Crippen MR) is 81.9 cm³/mol. The van der Waals surface area contributed by atoms with Crippen LogP contribution in [-0.2, 0) is 4.79 Å². The van der Waals surface area contributed by atoms with Gasteiger partial charge in [-0.3, -0.25) is 4.79 Å². The van der Waals surface area contributed by atoms with Gasteiger partial charge in [-0.1, -0.05) is 31.5 Å². The molecule has 1 aromatic rings. The van der Waals surface area contributed by atoms with Crippen LogP contribution in [0, 0.1) is 0 Å². The van der Waals surface area contributed by atoms with E-state index in [0.717, 1.165) is 24.2 Å². The van der Waals surface area contributed by atoms with Gasteiger partial charge in [0.15, 0.2) is 6.10 Å². The van der Waals surface area contributed by atoms with Gasteiger partial charge in [0.25, 0.3) is 5.91 Å². The lowest BCUT2D eigenvalue weighted by Gasteiger charge is -2.20. The van der Waals surface area contributed by atoms with Crippen LogP contribution in [0.5, 0.6) is 5.75 Å². The smallest absolute Gasteiger partial charge is 0.260 e. The van der Waals surface area contributed by atoms with Crippen molar-refractivity contribution in [2.75, 3.05) is 13.6 Å². The first-order chi connectivity index (χ1) is 9.60. The third kappa shape index (κ3) is 4.85. The fourth-order valence-corrected chi connectivity index (χ4v) is 1.88. The molecule has 4 nitrogen and oxygen atoms in total. The van der Waals surface area contributed by atoms with Crippen LogP contribution >= 0.6 is 0 Å². The number of amides is 1. The van der Waals surface area contributed by atoms with Crippen molar-refractivity contribution in [3.8, 4) is 5.75 Å². The van der Waals surface area contributed by atoms with Gasteiger partial charge in [0.05, 0.1) is 0 Å². The highest BCUT2D eigenvalue weighted by molar-refractivity contribution is 5.80. The van der Waals surface area contributed by atoms with Gasteiger partial charge in [0.1, 0.15) is 5.75 Å². The highest BCUT2D eigenvalue weighted by Gasteiger charge is 2.17. The molecule has 1 rings (SSSR count). The number of carbonyl (C=O) groups excluding carboxylic acids is 1. The Balaban J connectivity index is 2.65. The zero-order chi connectivity index (χ0) is 15.0. The summed E-state index contributed by atoms with van der Waals surface area (Å²) >= 11 is 0. The van der Waals surface area contributed by atoms with Crippen molar-refractivity contribution in [2.24, 2.45) is 0 Å². The first kappa shape index (κ1) is 16.5. The van der Waals surface area contributed by atoms with Crippen LogP contribution in [0.3, 0.4) is 0 Å². The standard InChI is InChI=1S/C16H26N2O2/c1-5-6-11-18-16(19)13(3)20-15-10-8-7-9-14(15)12(2)17-4/h7-10,12-13,17H,5-6,11H2,1-4H3,(H,18,19). The first-order valence-electron chi connectivity index (χ1n) is 7.30. The number of unbranched alkanes of at least 4 members (excludes halogenated alkanes) is 1. The Hall–Kier alpha value is -1.55. The average Bonchev–Trinajstić information content (AvgIpc) is 2.47. The third-order valence-electron chi connectivity index (χ3n) is 3.32. The van der Waals surface area contributed by atoms with Crippen molar-refractivity contribution in [1.82, 2.24) is 10.6 Å². The van der Waals surface area contributed by atoms with Gasteiger partial charge in [-0.25, -0.2) is 0 Å². The van der Waals surface area contributed by atoms with Crippen molar-refractivity contribution < 1.29 is 9.53 Å². The topological polar surface area (TPSA) is 50.4 Å². The molecule has 0 radical (unpaired) electrons. The van der Waals surface area contributed by atoms with Crippen molar-refractivity contribution >= 4 is 5.91 Å². The number of benzene rings is 1. The van der Waals surface area contributed by atoms with E-state index in [4.69, 9.17) is 4.74 Å². The molecule has 0 saturated heterocycles. The Bertz CT molecular complexity index is 421. The minimum Gasteiger partial charge on any atom is -0.481 e. The molecule has 0 bridgehead atoms. The Morgan fingerprint density at radius 2 is 2.00 bits per heavy atom. The molecule has 0 aliphatic heterocycles. The molecule has 20 heavy (non-hydrogen) atoms. The molecule has 2 unspecified atom stereocenters. The molecule has 4 heteroatoms. The van der Waals surface area contributed by atoms with E-state index in [9.17, 15) is 4.79 Å². The van der Waals surface area contributed by atoms with Gasteiger partial charge in [0, 0.05) is 18.2 Å². The van der Waals surface area contributed by atoms with Crippen LogP contribution in [0.25, 0.3) is 0 Å². The highest BCUT2D eigenvalue weighted by Crippen LogP contribution is 2.25.